The predicted molar refractivity (Wildman–Crippen MR) is 69.6 cm³/mol. The third kappa shape index (κ3) is 2.95. The number of hydrogen-bond acceptors (Lipinski definition) is 1. The monoisotopic (exact) mass is 298 g/mol. The van der Waals surface area contributed by atoms with Crippen LogP contribution in [0.5, 0.6) is 0 Å². The highest BCUT2D eigenvalue weighted by Gasteiger charge is 2.23. The molecular weight excluding hydrogens is 283 g/mol. The van der Waals surface area contributed by atoms with E-state index in [0.717, 1.165) is 25.7 Å². The third-order valence-corrected chi connectivity index (χ3v) is 4.25. The van der Waals surface area contributed by atoms with Gasteiger partial charge in [0, 0.05) is 11.5 Å². The van der Waals surface area contributed by atoms with E-state index >= 15 is 0 Å². The van der Waals surface area contributed by atoms with E-state index in [1.54, 1.807) is 12.1 Å². The molecule has 0 radical (unpaired) electrons. The van der Waals surface area contributed by atoms with Gasteiger partial charge >= 0.3 is 0 Å². The molecule has 0 bridgehead atoms. The summed E-state index contributed by atoms with van der Waals surface area (Å²) >= 11 is 3.17. The summed E-state index contributed by atoms with van der Waals surface area (Å²) in [5.74, 6) is -0.182. The van der Waals surface area contributed by atoms with E-state index in [9.17, 15) is 9.18 Å². The molecule has 0 unspecified atom stereocenters. The summed E-state index contributed by atoms with van der Waals surface area (Å²) in [5.41, 5.74) is 0.497. The van der Waals surface area contributed by atoms with Crippen LogP contribution >= 0.6 is 15.9 Å². The van der Waals surface area contributed by atoms with Crippen molar-refractivity contribution in [2.24, 2.45) is 5.92 Å². The molecule has 1 fully saturated rings. The van der Waals surface area contributed by atoms with E-state index in [-0.39, 0.29) is 17.5 Å². The maximum Gasteiger partial charge on any atom is 0.167 e. The lowest BCUT2D eigenvalue weighted by Gasteiger charge is -2.13. The first-order chi connectivity index (χ1) is 8.20. The molecule has 1 aliphatic rings. The molecule has 0 atom stereocenters. The Morgan fingerprint density at radius 1 is 1.18 bits per heavy atom. The first-order valence-corrected chi connectivity index (χ1v) is 6.97. The van der Waals surface area contributed by atoms with Crippen LogP contribution in [0.4, 0.5) is 4.39 Å². The zero-order chi connectivity index (χ0) is 12.3. The molecule has 17 heavy (non-hydrogen) atoms. The fraction of sp³-hybridized carbons (Fsp3) is 0.500. The average Bonchev–Trinajstić information content (AvgIpc) is 2.60. The van der Waals surface area contributed by atoms with Crippen molar-refractivity contribution in [1.82, 2.24) is 0 Å². The molecule has 1 nitrogen and oxygen atoms in total. The summed E-state index contributed by atoms with van der Waals surface area (Å²) < 4.78 is 13.7. The molecule has 0 spiro atoms. The molecule has 92 valence electrons. The fourth-order valence-corrected chi connectivity index (χ4v) is 2.92. The number of benzene rings is 1. The zero-order valence-corrected chi connectivity index (χ0v) is 11.3. The van der Waals surface area contributed by atoms with Gasteiger partial charge in [0.25, 0.3) is 0 Å². The van der Waals surface area contributed by atoms with Gasteiger partial charge in [-0.2, -0.15) is 0 Å². The number of hydrogen-bond donors (Lipinski definition) is 0. The second kappa shape index (κ2) is 5.76. The predicted octanol–water partition coefficient (Wildman–Crippen LogP) is 4.74. The maximum absolute atomic E-state index is 13.4. The van der Waals surface area contributed by atoms with Gasteiger partial charge in [-0.25, -0.2) is 4.39 Å². The molecule has 0 N–H and O–H groups in total. The van der Waals surface area contributed by atoms with E-state index in [1.807, 2.05) is 0 Å². The third-order valence-electron chi connectivity index (χ3n) is 3.44. The minimum atomic E-state index is -0.357. The van der Waals surface area contributed by atoms with Crippen LogP contribution in [0.25, 0.3) is 0 Å². The van der Waals surface area contributed by atoms with Crippen LogP contribution in [0.2, 0.25) is 0 Å². The molecule has 1 aromatic carbocycles. The Morgan fingerprint density at radius 3 is 2.47 bits per heavy atom. The number of rotatable bonds is 2. The Hall–Kier alpha value is -0.700. The Balaban J connectivity index is 2.20. The molecule has 0 heterocycles. The van der Waals surface area contributed by atoms with Gasteiger partial charge < -0.3 is 0 Å². The molecular formula is C14H16BrFO. The summed E-state index contributed by atoms with van der Waals surface area (Å²) in [6.07, 6.45) is 6.55. The van der Waals surface area contributed by atoms with Gasteiger partial charge in [0.15, 0.2) is 5.78 Å². The lowest BCUT2D eigenvalue weighted by atomic mass is 9.91. The Kier molecular flexibility index (Phi) is 4.32. The van der Waals surface area contributed by atoms with Crippen LogP contribution in [-0.4, -0.2) is 5.78 Å². The number of carbonyl (C=O) groups is 1. The minimum Gasteiger partial charge on any atom is -0.294 e. The lowest BCUT2D eigenvalue weighted by molar-refractivity contribution is 0.0906. The second-order valence-corrected chi connectivity index (χ2v) is 5.45. The normalized spacial score (nSPS) is 17.8. The maximum atomic E-state index is 13.4. The molecule has 3 heteroatoms. The van der Waals surface area contributed by atoms with E-state index in [1.165, 1.54) is 18.9 Å². The molecule has 0 amide bonds. The van der Waals surface area contributed by atoms with Crippen LogP contribution in [0.1, 0.15) is 48.9 Å². The van der Waals surface area contributed by atoms with Crippen LogP contribution in [0, 0.1) is 11.7 Å². The van der Waals surface area contributed by atoms with E-state index in [2.05, 4.69) is 15.9 Å². The van der Waals surface area contributed by atoms with Crippen molar-refractivity contribution in [3.05, 3.63) is 34.1 Å². The highest BCUT2D eigenvalue weighted by molar-refractivity contribution is 9.10. The van der Waals surface area contributed by atoms with Gasteiger partial charge in [0.1, 0.15) is 5.82 Å². The quantitative estimate of drug-likeness (QED) is 0.569. The smallest absolute Gasteiger partial charge is 0.167 e. The van der Waals surface area contributed by atoms with Crippen molar-refractivity contribution in [2.75, 3.05) is 0 Å². The second-order valence-electron chi connectivity index (χ2n) is 4.65. The summed E-state index contributed by atoms with van der Waals surface area (Å²) in [6.45, 7) is 0. The summed E-state index contributed by atoms with van der Waals surface area (Å²) in [5, 5.41) is 0. The van der Waals surface area contributed by atoms with E-state index in [4.69, 9.17) is 0 Å². The molecule has 1 aromatic rings. The molecule has 0 saturated heterocycles. The first kappa shape index (κ1) is 12.7. The van der Waals surface area contributed by atoms with Crippen LogP contribution in [0.15, 0.2) is 22.7 Å². The van der Waals surface area contributed by atoms with Crippen LogP contribution < -0.4 is 0 Å². The highest BCUT2D eigenvalue weighted by atomic mass is 79.9. The van der Waals surface area contributed by atoms with Gasteiger partial charge in [-0.15, -0.1) is 0 Å². The molecule has 0 aliphatic heterocycles. The standard InChI is InChI=1S/C14H16BrFO/c15-13-11(8-5-9-12(13)16)14(17)10-6-3-1-2-4-7-10/h5,8-10H,1-4,6-7H2. The topological polar surface area (TPSA) is 17.1 Å². The largest absolute Gasteiger partial charge is 0.294 e. The van der Waals surface area contributed by atoms with Crippen molar-refractivity contribution >= 4 is 21.7 Å². The zero-order valence-electron chi connectivity index (χ0n) is 9.72. The summed E-state index contributed by atoms with van der Waals surface area (Å²) in [7, 11) is 0. The van der Waals surface area contributed by atoms with Gasteiger partial charge in [-0.05, 0) is 34.8 Å². The van der Waals surface area contributed by atoms with Crippen LogP contribution in [0.3, 0.4) is 0 Å². The Labute approximate surface area is 110 Å². The molecule has 1 saturated carbocycles. The van der Waals surface area contributed by atoms with E-state index < -0.39 is 0 Å². The van der Waals surface area contributed by atoms with Crippen molar-refractivity contribution in [1.29, 1.82) is 0 Å². The average molecular weight is 299 g/mol. The fourth-order valence-electron chi connectivity index (χ4n) is 2.46. The minimum absolute atomic E-state index is 0.0793. The van der Waals surface area contributed by atoms with Gasteiger partial charge in [-0.3, -0.25) is 4.79 Å². The van der Waals surface area contributed by atoms with Gasteiger partial charge in [-0.1, -0.05) is 37.8 Å². The number of Topliss-reactive ketones (excluding diaryl/α,β-unsaturated/α-hetero) is 1. The molecule has 2 rings (SSSR count). The molecule has 1 aliphatic carbocycles. The first-order valence-electron chi connectivity index (χ1n) is 6.18. The Morgan fingerprint density at radius 2 is 1.82 bits per heavy atom. The molecule has 0 aromatic heterocycles. The number of ketones is 1. The van der Waals surface area contributed by atoms with Crippen LogP contribution in [-0.2, 0) is 0 Å². The van der Waals surface area contributed by atoms with Crippen molar-refractivity contribution < 1.29 is 9.18 Å². The van der Waals surface area contributed by atoms with Crippen molar-refractivity contribution in [3.63, 3.8) is 0 Å². The summed E-state index contributed by atoms with van der Waals surface area (Å²) in [6, 6.07) is 4.68. The lowest BCUT2D eigenvalue weighted by Crippen LogP contribution is -2.15. The van der Waals surface area contributed by atoms with Gasteiger partial charge in [0.05, 0.1) is 4.47 Å². The Bertz CT molecular complexity index is 409. The number of carbonyl (C=O) groups excluding carboxylic acids is 1. The SMILES string of the molecule is O=C(c1cccc(F)c1Br)C1CCCCCC1. The number of halogens is 2. The van der Waals surface area contributed by atoms with E-state index in [0.29, 0.717) is 10.0 Å². The van der Waals surface area contributed by atoms with Crippen molar-refractivity contribution in [3.8, 4) is 0 Å². The highest BCUT2D eigenvalue weighted by Crippen LogP contribution is 2.29. The van der Waals surface area contributed by atoms with Gasteiger partial charge in [0.2, 0.25) is 0 Å². The summed E-state index contributed by atoms with van der Waals surface area (Å²) in [4.78, 5) is 12.3. The van der Waals surface area contributed by atoms with Crippen molar-refractivity contribution in [2.45, 2.75) is 38.5 Å².